The number of rotatable bonds is 2. The molecule has 1 unspecified atom stereocenters. The molecule has 0 spiro atoms. The van der Waals surface area contributed by atoms with E-state index in [1.807, 2.05) is 0 Å². The maximum absolute atomic E-state index is 13.0. The van der Waals surface area contributed by atoms with Crippen LogP contribution < -0.4 is 10.6 Å². The highest BCUT2D eigenvalue weighted by atomic mass is 19.1. The van der Waals surface area contributed by atoms with Crippen molar-refractivity contribution in [1.29, 1.82) is 0 Å². The van der Waals surface area contributed by atoms with Crippen LogP contribution >= 0.6 is 0 Å². The van der Waals surface area contributed by atoms with Gasteiger partial charge in [-0.2, -0.15) is 0 Å². The molecular formula is C11H13FN2O2. The number of phenolic OH excluding ortho intramolecular Hbond substituents is 1. The minimum Gasteiger partial charge on any atom is -0.506 e. The Morgan fingerprint density at radius 3 is 2.94 bits per heavy atom. The second-order valence-electron chi connectivity index (χ2n) is 3.94. The molecule has 1 atom stereocenters. The summed E-state index contributed by atoms with van der Waals surface area (Å²) in [7, 11) is 0. The van der Waals surface area contributed by atoms with Gasteiger partial charge in [-0.05, 0) is 24.6 Å². The fourth-order valence-electron chi connectivity index (χ4n) is 1.89. The molecule has 0 radical (unpaired) electrons. The second kappa shape index (κ2) is 4.09. The van der Waals surface area contributed by atoms with Gasteiger partial charge in [0.15, 0.2) is 0 Å². The Balaban J connectivity index is 2.30. The minimum absolute atomic E-state index is 0.0789. The maximum atomic E-state index is 13.0. The lowest BCUT2D eigenvalue weighted by Gasteiger charge is -2.17. The monoisotopic (exact) mass is 224 g/mol. The zero-order valence-corrected chi connectivity index (χ0v) is 8.69. The van der Waals surface area contributed by atoms with Gasteiger partial charge in [-0.15, -0.1) is 0 Å². The van der Waals surface area contributed by atoms with Gasteiger partial charge in [0.2, 0.25) is 5.91 Å². The molecule has 0 aromatic heterocycles. The van der Waals surface area contributed by atoms with E-state index in [1.54, 1.807) is 0 Å². The van der Waals surface area contributed by atoms with Gasteiger partial charge in [0.1, 0.15) is 11.6 Å². The van der Waals surface area contributed by atoms with Gasteiger partial charge < -0.3 is 15.7 Å². The highest BCUT2D eigenvalue weighted by Gasteiger charge is 2.31. The molecule has 1 aromatic rings. The molecule has 5 heteroatoms. The summed E-state index contributed by atoms with van der Waals surface area (Å²) in [6, 6.07) is 3.56. The molecular weight excluding hydrogens is 211 g/mol. The number of halogens is 1. The number of aromatic hydroxyl groups is 1. The molecule has 3 N–H and O–H groups in total. The number of phenols is 1. The number of carbonyl (C=O) groups excluding carboxylic acids is 1. The summed E-state index contributed by atoms with van der Waals surface area (Å²) in [4.78, 5) is 13.0. The number of hydrogen-bond donors (Lipinski definition) is 2. The maximum Gasteiger partial charge on any atom is 0.227 e. The molecule has 0 aliphatic carbocycles. The molecule has 1 fully saturated rings. The van der Waals surface area contributed by atoms with Crippen molar-refractivity contribution in [3.63, 3.8) is 0 Å². The predicted octanol–water partition coefficient (Wildman–Crippen LogP) is 0.843. The summed E-state index contributed by atoms with van der Waals surface area (Å²) in [6.07, 6.45) is 0.354. The Kier molecular flexibility index (Phi) is 2.78. The van der Waals surface area contributed by atoms with Crippen LogP contribution in [0.4, 0.5) is 10.1 Å². The molecule has 1 heterocycles. The van der Waals surface area contributed by atoms with E-state index in [4.69, 9.17) is 5.73 Å². The van der Waals surface area contributed by atoms with Crippen molar-refractivity contribution in [2.75, 3.05) is 18.0 Å². The van der Waals surface area contributed by atoms with Crippen LogP contribution in [0.15, 0.2) is 18.2 Å². The van der Waals surface area contributed by atoms with Crippen LogP contribution in [0.25, 0.3) is 0 Å². The first-order chi connectivity index (χ1) is 7.61. The number of hydrogen-bond acceptors (Lipinski definition) is 3. The first kappa shape index (κ1) is 10.9. The normalized spacial score (nSPS) is 20.5. The van der Waals surface area contributed by atoms with Gasteiger partial charge >= 0.3 is 0 Å². The topological polar surface area (TPSA) is 66.6 Å². The summed E-state index contributed by atoms with van der Waals surface area (Å²) >= 11 is 0. The fourth-order valence-corrected chi connectivity index (χ4v) is 1.89. The standard InChI is InChI=1S/C11H13FN2O2/c12-8-1-2-10(15)9(4-8)14-6-7(5-13)3-11(14)16/h1-2,4,7,15H,3,5-6,13H2. The number of nitrogens with zero attached hydrogens (tertiary/aromatic N) is 1. The van der Waals surface area contributed by atoms with Crippen molar-refractivity contribution in [2.24, 2.45) is 11.7 Å². The van der Waals surface area contributed by atoms with Crippen LogP contribution in [-0.2, 0) is 4.79 Å². The van der Waals surface area contributed by atoms with Crippen molar-refractivity contribution in [3.05, 3.63) is 24.0 Å². The van der Waals surface area contributed by atoms with E-state index in [-0.39, 0.29) is 23.3 Å². The lowest BCUT2D eigenvalue weighted by molar-refractivity contribution is -0.117. The van der Waals surface area contributed by atoms with Crippen LogP contribution in [0.3, 0.4) is 0 Å². The molecule has 1 aromatic carbocycles. The van der Waals surface area contributed by atoms with Gasteiger partial charge in [-0.1, -0.05) is 0 Å². The van der Waals surface area contributed by atoms with E-state index < -0.39 is 5.82 Å². The van der Waals surface area contributed by atoms with E-state index >= 15 is 0 Å². The Labute approximate surface area is 92.5 Å². The van der Waals surface area contributed by atoms with Gasteiger partial charge in [-0.3, -0.25) is 4.79 Å². The molecule has 1 aliphatic rings. The number of benzene rings is 1. The van der Waals surface area contributed by atoms with E-state index in [2.05, 4.69) is 0 Å². The van der Waals surface area contributed by atoms with Crippen LogP contribution in [0, 0.1) is 11.7 Å². The molecule has 86 valence electrons. The molecule has 4 nitrogen and oxygen atoms in total. The van der Waals surface area contributed by atoms with Crippen molar-refractivity contribution in [1.82, 2.24) is 0 Å². The second-order valence-corrected chi connectivity index (χ2v) is 3.94. The van der Waals surface area contributed by atoms with E-state index in [0.29, 0.717) is 19.5 Å². The minimum atomic E-state index is -0.475. The van der Waals surface area contributed by atoms with Crippen LogP contribution in [0.5, 0.6) is 5.75 Å². The van der Waals surface area contributed by atoms with Gasteiger partial charge in [0.25, 0.3) is 0 Å². The molecule has 1 saturated heterocycles. The highest BCUT2D eigenvalue weighted by Crippen LogP contribution is 2.32. The Hall–Kier alpha value is -1.62. The smallest absolute Gasteiger partial charge is 0.227 e. The molecule has 0 bridgehead atoms. The number of nitrogens with two attached hydrogens (primary N) is 1. The highest BCUT2D eigenvalue weighted by molar-refractivity contribution is 5.97. The van der Waals surface area contributed by atoms with Crippen LogP contribution in [-0.4, -0.2) is 24.1 Å². The summed E-state index contributed by atoms with van der Waals surface area (Å²) in [5, 5.41) is 9.58. The first-order valence-electron chi connectivity index (χ1n) is 5.10. The summed E-state index contributed by atoms with van der Waals surface area (Å²) in [5.74, 6) is -0.615. The molecule has 1 amide bonds. The third-order valence-electron chi connectivity index (χ3n) is 2.77. The third-order valence-corrected chi connectivity index (χ3v) is 2.77. The lowest BCUT2D eigenvalue weighted by Crippen LogP contribution is -2.25. The van der Waals surface area contributed by atoms with E-state index in [1.165, 1.54) is 11.0 Å². The molecule has 0 saturated carbocycles. The molecule has 1 aliphatic heterocycles. The van der Waals surface area contributed by atoms with Crippen LogP contribution in [0.1, 0.15) is 6.42 Å². The predicted molar refractivity (Wildman–Crippen MR) is 57.6 cm³/mol. The SMILES string of the molecule is NCC1CC(=O)N(c2cc(F)ccc2O)C1. The summed E-state index contributed by atoms with van der Waals surface area (Å²) in [5.41, 5.74) is 5.71. The van der Waals surface area contributed by atoms with E-state index in [9.17, 15) is 14.3 Å². The van der Waals surface area contributed by atoms with Crippen molar-refractivity contribution < 1.29 is 14.3 Å². The largest absolute Gasteiger partial charge is 0.506 e. The third kappa shape index (κ3) is 1.86. The van der Waals surface area contributed by atoms with Gasteiger partial charge in [0, 0.05) is 19.0 Å². The summed E-state index contributed by atoms with van der Waals surface area (Å²) < 4.78 is 13.0. The summed E-state index contributed by atoms with van der Waals surface area (Å²) in [6.45, 7) is 0.852. The Morgan fingerprint density at radius 2 is 2.31 bits per heavy atom. The first-order valence-corrected chi connectivity index (χ1v) is 5.10. The fraction of sp³-hybridized carbons (Fsp3) is 0.364. The van der Waals surface area contributed by atoms with Crippen molar-refractivity contribution in [2.45, 2.75) is 6.42 Å². The van der Waals surface area contributed by atoms with Crippen LogP contribution in [0.2, 0.25) is 0 Å². The van der Waals surface area contributed by atoms with Crippen molar-refractivity contribution >= 4 is 11.6 Å². The number of anilines is 1. The van der Waals surface area contributed by atoms with Gasteiger partial charge in [-0.25, -0.2) is 4.39 Å². The zero-order chi connectivity index (χ0) is 11.7. The van der Waals surface area contributed by atoms with Gasteiger partial charge in [0.05, 0.1) is 5.69 Å². The van der Waals surface area contributed by atoms with E-state index in [0.717, 1.165) is 12.1 Å². The zero-order valence-electron chi connectivity index (χ0n) is 8.69. The number of carbonyl (C=O) groups is 1. The average molecular weight is 224 g/mol. The van der Waals surface area contributed by atoms with Crippen molar-refractivity contribution in [3.8, 4) is 5.75 Å². The molecule has 16 heavy (non-hydrogen) atoms. The quantitative estimate of drug-likeness (QED) is 0.782. The Morgan fingerprint density at radius 1 is 1.56 bits per heavy atom. The number of amides is 1. The Bertz CT molecular complexity index is 422. The average Bonchev–Trinajstić information content (AvgIpc) is 2.63. The lowest BCUT2D eigenvalue weighted by atomic mass is 10.1. The molecule has 2 rings (SSSR count).